The number of thioether (sulfide) groups is 1. The Bertz CT molecular complexity index is 1410. The summed E-state index contributed by atoms with van der Waals surface area (Å²) in [7, 11) is 0. The number of nitrogens with one attached hydrogen (secondary N) is 1. The fourth-order valence-corrected chi connectivity index (χ4v) is 4.40. The molecule has 5 aromatic rings. The molecule has 0 radical (unpaired) electrons. The Morgan fingerprint density at radius 2 is 1.67 bits per heavy atom. The molecule has 2 heterocycles. The number of nitrogens with zero attached hydrogens (tertiary/aromatic N) is 4. The Hall–Kier alpha value is -3.68. The normalized spacial score (nSPS) is 10.9. The molecule has 5 rings (SSSR count). The van der Waals surface area contributed by atoms with E-state index < -0.39 is 0 Å². The van der Waals surface area contributed by atoms with Gasteiger partial charge in [-0.05, 0) is 47.9 Å². The van der Waals surface area contributed by atoms with Gasteiger partial charge in [-0.25, -0.2) is 0 Å². The number of amides is 1. The average molecular weight is 472 g/mol. The van der Waals surface area contributed by atoms with Crippen LogP contribution in [0.4, 0.5) is 5.69 Å². The number of fused-ring (bicyclic) bond motifs is 1. The standard InChI is InChI=1S/C25H18ClN5OS/c26-19-8-10-20(11-9-19)31-24(18-12-14-27-15-13-18)29-30-25(31)33-16-23(32)28-22-7-3-5-17-4-1-2-6-21(17)22/h1-15H,16H2,(H,28,32). The van der Waals surface area contributed by atoms with E-state index in [4.69, 9.17) is 11.6 Å². The lowest BCUT2D eigenvalue weighted by Gasteiger charge is -2.11. The zero-order valence-electron chi connectivity index (χ0n) is 17.4. The number of hydrogen-bond acceptors (Lipinski definition) is 5. The van der Waals surface area contributed by atoms with Gasteiger partial charge in [0.05, 0.1) is 5.75 Å². The van der Waals surface area contributed by atoms with Gasteiger partial charge >= 0.3 is 0 Å². The van der Waals surface area contributed by atoms with Crippen molar-refractivity contribution in [2.45, 2.75) is 5.16 Å². The molecule has 0 saturated heterocycles. The molecule has 0 aliphatic rings. The molecule has 0 unspecified atom stereocenters. The minimum atomic E-state index is -0.118. The van der Waals surface area contributed by atoms with Crippen molar-refractivity contribution in [3.63, 3.8) is 0 Å². The van der Waals surface area contributed by atoms with Crippen LogP contribution in [0.5, 0.6) is 0 Å². The van der Waals surface area contributed by atoms with E-state index in [1.807, 2.05) is 83.4 Å². The third kappa shape index (κ3) is 4.60. The van der Waals surface area contributed by atoms with E-state index in [0.29, 0.717) is 16.0 Å². The Morgan fingerprint density at radius 3 is 2.48 bits per heavy atom. The lowest BCUT2D eigenvalue weighted by molar-refractivity contribution is -0.113. The van der Waals surface area contributed by atoms with Crippen molar-refractivity contribution in [1.29, 1.82) is 0 Å². The first-order valence-corrected chi connectivity index (χ1v) is 11.6. The second kappa shape index (κ2) is 9.44. The van der Waals surface area contributed by atoms with Gasteiger partial charge in [-0.1, -0.05) is 59.8 Å². The van der Waals surface area contributed by atoms with E-state index >= 15 is 0 Å². The van der Waals surface area contributed by atoms with Gasteiger partial charge in [0.1, 0.15) is 0 Å². The number of benzene rings is 3. The number of rotatable bonds is 6. The minimum absolute atomic E-state index is 0.118. The summed E-state index contributed by atoms with van der Waals surface area (Å²) >= 11 is 7.41. The van der Waals surface area contributed by atoms with E-state index in [-0.39, 0.29) is 11.7 Å². The van der Waals surface area contributed by atoms with Gasteiger partial charge in [0.2, 0.25) is 5.91 Å². The van der Waals surface area contributed by atoms with Crippen molar-refractivity contribution in [3.05, 3.63) is 96.3 Å². The number of anilines is 1. The van der Waals surface area contributed by atoms with Crippen LogP contribution in [0.1, 0.15) is 0 Å². The maximum atomic E-state index is 12.8. The molecule has 0 spiro atoms. The molecule has 0 bridgehead atoms. The highest BCUT2D eigenvalue weighted by Gasteiger charge is 2.17. The zero-order chi connectivity index (χ0) is 22.6. The summed E-state index contributed by atoms with van der Waals surface area (Å²) in [4.78, 5) is 16.9. The summed E-state index contributed by atoms with van der Waals surface area (Å²) in [6, 6.07) is 25.0. The molecule has 6 nitrogen and oxygen atoms in total. The highest BCUT2D eigenvalue weighted by atomic mass is 35.5. The van der Waals surface area contributed by atoms with Gasteiger partial charge < -0.3 is 5.32 Å². The molecule has 0 fully saturated rings. The van der Waals surface area contributed by atoms with Crippen LogP contribution in [0, 0.1) is 0 Å². The first kappa shape index (κ1) is 21.2. The quantitative estimate of drug-likeness (QED) is 0.314. The fourth-order valence-electron chi connectivity index (χ4n) is 3.53. The highest BCUT2D eigenvalue weighted by molar-refractivity contribution is 7.99. The van der Waals surface area contributed by atoms with E-state index in [0.717, 1.165) is 27.7 Å². The number of carbonyl (C=O) groups excluding carboxylic acids is 1. The van der Waals surface area contributed by atoms with Gasteiger partial charge in [-0.15, -0.1) is 10.2 Å². The third-order valence-electron chi connectivity index (χ3n) is 5.05. The molecule has 3 aromatic carbocycles. The van der Waals surface area contributed by atoms with Gasteiger partial charge in [-0.3, -0.25) is 14.3 Å². The number of aromatic nitrogens is 4. The van der Waals surface area contributed by atoms with Crippen molar-refractivity contribution in [3.8, 4) is 17.1 Å². The predicted molar refractivity (Wildman–Crippen MR) is 133 cm³/mol. The Kier molecular flexibility index (Phi) is 6.06. The van der Waals surface area contributed by atoms with Crippen LogP contribution in [0.3, 0.4) is 0 Å². The number of carbonyl (C=O) groups is 1. The van der Waals surface area contributed by atoms with Gasteiger partial charge in [-0.2, -0.15) is 0 Å². The Morgan fingerprint density at radius 1 is 0.909 bits per heavy atom. The van der Waals surface area contributed by atoms with Gasteiger partial charge in [0.25, 0.3) is 0 Å². The summed E-state index contributed by atoms with van der Waals surface area (Å²) in [5, 5.41) is 15.1. The van der Waals surface area contributed by atoms with E-state index in [9.17, 15) is 4.79 Å². The number of pyridine rings is 1. The molecule has 0 aliphatic heterocycles. The second-order valence-corrected chi connectivity index (χ2v) is 8.60. The molecule has 33 heavy (non-hydrogen) atoms. The number of halogens is 1. The Labute approximate surface area is 199 Å². The number of hydrogen-bond donors (Lipinski definition) is 1. The molecular formula is C25H18ClN5OS. The van der Waals surface area contributed by atoms with Crippen molar-refractivity contribution in [1.82, 2.24) is 19.7 Å². The lowest BCUT2D eigenvalue weighted by atomic mass is 10.1. The van der Waals surface area contributed by atoms with Crippen LogP contribution in [0.2, 0.25) is 5.02 Å². The van der Waals surface area contributed by atoms with Crippen LogP contribution in [0.15, 0.2) is 96.4 Å². The molecule has 1 N–H and O–H groups in total. The van der Waals surface area contributed by atoms with Gasteiger partial charge in [0, 0.05) is 39.7 Å². The summed E-state index contributed by atoms with van der Waals surface area (Å²) in [6.07, 6.45) is 3.42. The molecular weight excluding hydrogens is 454 g/mol. The van der Waals surface area contributed by atoms with E-state index in [2.05, 4.69) is 20.5 Å². The maximum absolute atomic E-state index is 12.8. The summed E-state index contributed by atoms with van der Waals surface area (Å²) < 4.78 is 1.92. The maximum Gasteiger partial charge on any atom is 0.234 e. The fraction of sp³-hybridized carbons (Fsp3) is 0.0400. The topological polar surface area (TPSA) is 72.7 Å². The molecule has 0 atom stereocenters. The summed E-state index contributed by atoms with van der Waals surface area (Å²) in [5.41, 5.74) is 2.52. The largest absolute Gasteiger partial charge is 0.325 e. The molecule has 0 saturated carbocycles. The molecule has 0 aliphatic carbocycles. The second-order valence-electron chi connectivity index (χ2n) is 7.22. The third-order valence-corrected chi connectivity index (χ3v) is 6.23. The van der Waals surface area contributed by atoms with Crippen molar-refractivity contribution in [2.75, 3.05) is 11.1 Å². The zero-order valence-corrected chi connectivity index (χ0v) is 18.9. The molecule has 162 valence electrons. The predicted octanol–water partition coefficient (Wildman–Crippen LogP) is 5.87. The SMILES string of the molecule is O=C(CSc1nnc(-c2ccncc2)n1-c1ccc(Cl)cc1)Nc1cccc2ccccc12. The van der Waals surface area contributed by atoms with Gasteiger partial charge in [0.15, 0.2) is 11.0 Å². The highest BCUT2D eigenvalue weighted by Crippen LogP contribution is 2.29. The summed E-state index contributed by atoms with van der Waals surface area (Å²) in [6.45, 7) is 0. The Balaban J connectivity index is 1.41. The van der Waals surface area contributed by atoms with Crippen molar-refractivity contribution < 1.29 is 4.79 Å². The van der Waals surface area contributed by atoms with Crippen molar-refractivity contribution >= 4 is 45.7 Å². The molecule has 1 amide bonds. The molecule has 8 heteroatoms. The lowest BCUT2D eigenvalue weighted by Crippen LogP contribution is -2.14. The smallest absolute Gasteiger partial charge is 0.234 e. The van der Waals surface area contributed by atoms with Crippen LogP contribution in [-0.2, 0) is 4.79 Å². The van der Waals surface area contributed by atoms with Crippen LogP contribution < -0.4 is 5.32 Å². The van der Waals surface area contributed by atoms with Crippen LogP contribution in [0.25, 0.3) is 27.8 Å². The van der Waals surface area contributed by atoms with E-state index in [1.165, 1.54) is 11.8 Å². The molecule has 2 aromatic heterocycles. The van der Waals surface area contributed by atoms with Crippen molar-refractivity contribution in [2.24, 2.45) is 0 Å². The van der Waals surface area contributed by atoms with E-state index in [1.54, 1.807) is 12.4 Å². The first-order valence-electron chi connectivity index (χ1n) is 10.2. The summed E-state index contributed by atoms with van der Waals surface area (Å²) in [5.74, 6) is 0.731. The first-order chi connectivity index (χ1) is 16.2. The monoisotopic (exact) mass is 471 g/mol. The minimum Gasteiger partial charge on any atom is -0.325 e. The average Bonchev–Trinajstić information content (AvgIpc) is 3.28. The van der Waals surface area contributed by atoms with Crippen LogP contribution >= 0.6 is 23.4 Å². The van der Waals surface area contributed by atoms with Crippen LogP contribution in [-0.4, -0.2) is 31.4 Å².